The van der Waals surface area contributed by atoms with Gasteiger partial charge in [0.25, 0.3) is 0 Å². The van der Waals surface area contributed by atoms with E-state index in [1.807, 2.05) is 12.1 Å². The summed E-state index contributed by atoms with van der Waals surface area (Å²) in [6.45, 7) is 6.85. The number of carbonyl (C=O) groups excluding carboxylic acids is 2. The van der Waals surface area contributed by atoms with Crippen molar-refractivity contribution in [1.82, 2.24) is 15.1 Å². The minimum absolute atomic E-state index is 0.00652. The van der Waals surface area contributed by atoms with E-state index in [2.05, 4.69) is 62.9 Å². The third-order valence-corrected chi connectivity index (χ3v) is 6.19. The first kappa shape index (κ1) is 22.5. The first-order valence-corrected chi connectivity index (χ1v) is 11.8. The van der Waals surface area contributed by atoms with Gasteiger partial charge in [0.1, 0.15) is 0 Å². The quantitative estimate of drug-likeness (QED) is 0.564. The molecule has 2 fully saturated rings. The van der Waals surface area contributed by atoms with Crippen LogP contribution in [-0.4, -0.2) is 54.3 Å². The number of carbonyl (C=O) groups is 2. The minimum Gasteiger partial charge on any atom is -0.356 e. The van der Waals surface area contributed by atoms with Crippen LogP contribution in [-0.2, 0) is 22.7 Å². The zero-order valence-corrected chi connectivity index (χ0v) is 18.8. The Labute approximate surface area is 191 Å². The van der Waals surface area contributed by atoms with Gasteiger partial charge in [0.05, 0.1) is 0 Å². The second-order valence-corrected chi connectivity index (χ2v) is 8.95. The van der Waals surface area contributed by atoms with Crippen LogP contribution >= 0.6 is 0 Å². The van der Waals surface area contributed by atoms with Crippen molar-refractivity contribution in [3.05, 3.63) is 65.7 Å². The molecular weight excluding hydrogens is 400 g/mol. The molecule has 1 saturated heterocycles. The normalized spacial score (nSPS) is 17.1. The van der Waals surface area contributed by atoms with E-state index in [0.29, 0.717) is 19.4 Å². The van der Waals surface area contributed by atoms with Crippen molar-refractivity contribution in [2.75, 3.05) is 38.0 Å². The summed E-state index contributed by atoms with van der Waals surface area (Å²) in [5, 5.41) is 5.85. The fourth-order valence-electron chi connectivity index (χ4n) is 4.07. The van der Waals surface area contributed by atoms with Gasteiger partial charge in [-0.1, -0.05) is 42.5 Å². The maximum Gasteiger partial charge on any atom is 0.224 e. The molecule has 0 unspecified atom stereocenters. The molecule has 32 heavy (non-hydrogen) atoms. The number of amides is 2. The summed E-state index contributed by atoms with van der Waals surface area (Å²) in [7, 11) is 0. The summed E-state index contributed by atoms with van der Waals surface area (Å²) < 4.78 is 0. The number of hydrogen-bond acceptors (Lipinski definition) is 4. The van der Waals surface area contributed by atoms with Crippen LogP contribution in [0.25, 0.3) is 0 Å². The van der Waals surface area contributed by atoms with Crippen molar-refractivity contribution in [3.63, 3.8) is 0 Å². The van der Waals surface area contributed by atoms with Gasteiger partial charge in [-0.25, -0.2) is 0 Å². The minimum atomic E-state index is -0.00652. The topological polar surface area (TPSA) is 64.7 Å². The first-order valence-electron chi connectivity index (χ1n) is 11.8. The Bertz CT molecular complexity index is 872. The summed E-state index contributed by atoms with van der Waals surface area (Å²) in [5.41, 5.74) is 3.47. The third kappa shape index (κ3) is 7.18. The average molecular weight is 435 g/mol. The molecule has 0 atom stereocenters. The monoisotopic (exact) mass is 434 g/mol. The molecule has 6 heteroatoms. The second kappa shape index (κ2) is 11.2. The number of nitrogens with zero attached hydrogens (tertiary/aromatic N) is 2. The van der Waals surface area contributed by atoms with Crippen molar-refractivity contribution in [2.24, 2.45) is 5.92 Å². The maximum absolute atomic E-state index is 12.1. The van der Waals surface area contributed by atoms with E-state index in [1.54, 1.807) is 0 Å². The summed E-state index contributed by atoms with van der Waals surface area (Å²) in [5.74, 6) is 0.354. The lowest BCUT2D eigenvalue weighted by Gasteiger charge is -2.34. The molecule has 0 aromatic heterocycles. The van der Waals surface area contributed by atoms with Crippen LogP contribution in [0.5, 0.6) is 0 Å². The lowest BCUT2D eigenvalue weighted by Crippen LogP contribution is -2.45. The molecule has 0 radical (unpaired) electrons. The summed E-state index contributed by atoms with van der Waals surface area (Å²) in [4.78, 5) is 28.7. The molecule has 2 aliphatic rings. The summed E-state index contributed by atoms with van der Waals surface area (Å²) in [6.07, 6.45) is 3.10. The molecule has 2 N–H and O–H groups in total. The van der Waals surface area contributed by atoms with Gasteiger partial charge in [-0.3, -0.25) is 19.4 Å². The smallest absolute Gasteiger partial charge is 0.224 e. The van der Waals surface area contributed by atoms with E-state index in [0.717, 1.165) is 57.8 Å². The van der Waals surface area contributed by atoms with Gasteiger partial charge < -0.3 is 10.6 Å². The lowest BCUT2D eigenvalue weighted by molar-refractivity contribution is -0.122. The number of nitrogens with one attached hydrogen (secondary N) is 2. The van der Waals surface area contributed by atoms with Gasteiger partial charge in [-0.05, 0) is 42.5 Å². The predicted octanol–water partition coefficient (Wildman–Crippen LogP) is 3.25. The molecule has 2 amide bonds. The molecule has 6 nitrogen and oxygen atoms in total. The molecule has 0 spiro atoms. The van der Waals surface area contributed by atoms with Gasteiger partial charge in [0, 0.05) is 63.8 Å². The Balaban J connectivity index is 1.12. The van der Waals surface area contributed by atoms with E-state index in [-0.39, 0.29) is 17.7 Å². The number of hydrogen-bond donors (Lipinski definition) is 2. The van der Waals surface area contributed by atoms with Gasteiger partial charge in [0.15, 0.2) is 0 Å². The Morgan fingerprint density at radius 3 is 2.00 bits per heavy atom. The zero-order chi connectivity index (χ0) is 22.2. The molecule has 0 bridgehead atoms. The van der Waals surface area contributed by atoms with Crippen LogP contribution in [0.3, 0.4) is 0 Å². The van der Waals surface area contributed by atoms with Crippen molar-refractivity contribution >= 4 is 17.5 Å². The van der Waals surface area contributed by atoms with Crippen molar-refractivity contribution in [3.8, 4) is 0 Å². The Morgan fingerprint density at radius 2 is 1.41 bits per heavy atom. The van der Waals surface area contributed by atoms with Crippen LogP contribution in [0.1, 0.15) is 36.8 Å². The highest BCUT2D eigenvalue weighted by Crippen LogP contribution is 2.28. The number of anilines is 1. The van der Waals surface area contributed by atoms with Crippen LogP contribution in [0.15, 0.2) is 54.6 Å². The highest BCUT2D eigenvalue weighted by atomic mass is 16.2. The molecule has 2 aromatic rings. The number of benzene rings is 2. The molecule has 170 valence electrons. The molecule has 1 saturated carbocycles. The summed E-state index contributed by atoms with van der Waals surface area (Å²) >= 11 is 0. The predicted molar refractivity (Wildman–Crippen MR) is 127 cm³/mol. The fourth-order valence-corrected chi connectivity index (χ4v) is 4.07. The van der Waals surface area contributed by atoms with E-state index in [1.165, 1.54) is 11.1 Å². The number of piperazine rings is 1. The van der Waals surface area contributed by atoms with Crippen LogP contribution in [0.2, 0.25) is 0 Å². The van der Waals surface area contributed by atoms with E-state index in [4.69, 9.17) is 0 Å². The molecule has 2 aromatic carbocycles. The van der Waals surface area contributed by atoms with E-state index < -0.39 is 0 Å². The van der Waals surface area contributed by atoms with E-state index in [9.17, 15) is 9.59 Å². The van der Waals surface area contributed by atoms with Gasteiger partial charge in [0.2, 0.25) is 11.8 Å². The van der Waals surface area contributed by atoms with Crippen molar-refractivity contribution in [1.29, 1.82) is 0 Å². The fraction of sp³-hybridized carbons (Fsp3) is 0.462. The van der Waals surface area contributed by atoms with Crippen molar-refractivity contribution in [2.45, 2.75) is 38.8 Å². The molecule has 1 heterocycles. The average Bonchev–Trinajstić information content (AvgIpc) is 3.66. The number of rotatable bonds is 10. The van der Waals surface area contributed by atoms with Gasteiger partial charge in [-0.2, -0.15) is 0 Å². The Hall–Kier alpha value is -2.70. The third-order valence-electron chi connectivity index (χ3n) is 6.19. The van der Waals surface area contributed by atoms with E-state index >= 15 is 0 Å². The molecule has 4 rings (SSSR count). The van der Waals surface area contributed by atoms with Crippen LogP contribution in [0.4, 0.5) is 5.69 Å². The molecule has 1 aliphatic carbocycles. The standard InChI is InChI=1S/C26H34N4O2/c31-25(7-4-14-27-26(32)23-10-11-23)28-24-12-8-22(9-13-24)20-30-17-15-29(16-18-30)19-21-5-2-1-3-6-21/h1-3,5-6,8-9,12-13,23H,4,7,10-11,14-20H2,(H,27,32)(H,28,31). The molecule has 1 aliphatic heterocycles. The SMILES string of the molecule is O=C(CCCNC(=O)C1CC1)Nc1ccc(CN2CCN(Cc3ccccc3)CC2)cc1. The lowest BCUT2D eigenvalue weighted by atomic mass is 10.1. The zero-order valence-electron chi connectivity index (χ0n) is 18.8. The largest absolute Gasteiger partial charge is 0.356 e. The highest BCUT2D eigenvalue weighted by Gasteiger charge is 2.29. The first-order chi connectivity index (χ1) is 15.7. The Kier molecular flexibility index (Phi) is 7.91. The molecular formula is C26H34N4O2. The van der Waals surface area contributed by atoms with Gasteiger partial charge >= 0.3 is 0 Å². The van der Waals surface area contributed by atoms with Crippen LogP contribution < -0.4 is 10.6 Å². The second-order valence-electron chi connectivity index (χ2n) is 8.95. The van der Waals surface area contributed by atoms with Gasteiger partial charge in [-0.15, -0.1) is 0 Å². The van der Waals surface area contributed by atoms with Crippen molar-refractivity contribution < 1.29 is 9.59 Å². The maximum atomic E-state index is 12.1. The summed E-state index contributed by atoms with van der Waals surface area (Å²) in [6, 6.07) is 18.8. The Morgan fingerprint density at radius 1 is 0.812 bits per heavy atom. The van der Waals surface area contributed by atoms with Crippen LogP contribution in [0, 0.1) is 5.92 Å². The highest BCUT2D eigenvalue weighted by molar-refractivity contribution is 5.90.